The summed E-state index contributed by atoms with van der Waals surface area (Å²) in [7, 11) is 2.11. The lowest BCUT2D eigenvalue weighted by atomic mass is 9.78. The molecule has 6 rings (SSSR count). The predicted molar refractivity (Wildman–Crippen MR) is 137 cm³/mol. The Bertz CT molecular complexity index is 1040. The molecule has 8 nitrogen and oxygen atoms in total. The highest BCUT2D eigenvalue weighted by molar-refractivity contribution is 6.10. The zero-order valence-electron chi connectivity index (χ0n) is 21.5. The van der Waals surface area contributed by atoms with Crippen molar-refractivity contribution < 1.29 is 14.4 Å². The molecule has 5 aliphatic heterocycles. The van der Waals surface area contributed by atoms with E-state index in [-0.39, 0.29) is 35.6 Å². The lowest BCUT2D eigenvalue weighted by Crippen LogP contribution is -2.56. The zero-order chi connectivity index (χ0) is 24.9. The van der Waals surface area contributed by atoms with E-state index in [1.54, 1.807) is 0 Å². The number of fused-ring (bicyclic) bond motifs is 4. The zero-order valence-corrected chi connectivity index (χ0v) is 21.5. The first-order valence-electron chi connectivity index (χ1n) is 13.9. The van der Waals surface area contributed by atoms with Crippen LogP contribution in [0.25, 0.3) is 0 Å². The van der Waals surface area contributed by atoms with Crippen LogP contribution in [0.2, 0.25) is 0 Å². The Hall–Kier alpha value is -2.45. The summed E-state index contributed by atoms with van der Waals surface area (Å²) in [6, 6.07) is 8.38. The number of carbonyl (C=O) groups excluding carboxylic acids is 3. The number of hydrogen-bond acceptors (Lipinski definition) is 5. The molecule has 0 radical (unpaired) electrons. The van der Waals surface area contributed by atoms with Crippen molar-refractivity contribution in [2.45, 2.75) is 56.5 Å². The molecule has 3 amide bonds. The summed E-state index contributed by atoms with van der Waals surface area (Å²) in [5.41, 5.74) is 1.05. The molecule has 2 bridgehead atoms. The van der Waals surface area contributed by atoms with E-state index < -0.39 is 5.54 Å². The summed E-state index contributed by atoms with van der Waals surface area (Å²) in [6.07, 6.45) is 6.15. The number of amides is 3. The van der Waals surface area contributed by atoms with E-state index in [9.17, 15) is 14.4 Å². The molecule has 0 saturated carbocycles. The van der Waals surface area contributed by atoms with Crippen molar-refractivity contribution in [1.82, 2.24) is 20.0 Å². The highest BCUT2D eigenvalue weighted by Gasteiger charge is 2.67. The third-order valence-electron chi connectivity index (χ3n) is 9.43. The minimum absolute atomic E-state index is 0.0122. The molecule has 194 valence electrons. The van der Waals surface area contributed by atoms with Gasteiger partial charge in [-0.3, -0.25) is 19.3 Å². The molecule has 8 heteroatoms. The van der Waals surface area contributed by atoms with E-state index in [1.807, 2.05) is 28.0 Å². The van der Waals surface area contributed by atoms with Crippen LogP contribution in [-0.4, -0.2) is 91.3 Å². The molecule has 3 atom stereocenters. The van der Waals surface area contributed by atoms with Crippen LogP contribution < -0.4 is 10.2 Å². The number of benzene rings is 1. The van der Waals surface area contributed by atoms with E-state index in [1.165, 1.54) is 0 Å². The van der Waals surface area contributed by atoms with Crippen molar-refractivity contribution in [1.29, 1.82) is 0 Å². The molecular weight excluding hydrogens is 454 g/mol. The van der Waals surface area contributed by atoms with Crippen molar-refractivity contribution >= 4 is 23.4 Å². The number of anilines is 1. The molecule has 0 aromatic heterocycles. The van der Waals surface area contributed by atoms with Crippen LogP contribution in [0.5, 0.6) is 0 Å². The molecule has 36 heavy (non-hydrogen) atoms. The molecule has 0 aliphatic carbocycles. The fraction of sp³-hybridized carbons (Fsp3) is 0.679. The number of hydrogen-bond donors (Lipinski definition) is 1. The smallest absolute Gasteiger partial charge is 0.253 e. The highest BCUT2D eigenvalue weighted by atomic mass is 16.2. The molecule has 4 fully saturated rings. The van der Waals surface area contributed by atoms with Crippen LogP contribution in [0.15, 0.2) is 24.3 Å². The van der Waals surface area contributed by atoms with Crippen molar-refractivity contribution in [3.63, 3.8) is 0 Å². The van der Waals surface area contributed by atoms with Gasteiger partial charge in [0.15, 0.2) is 0 Å². The van der Waals surface area contributed by atoms with Gasteiger partial charge in [-0.15, -0.1) is 0 Å². The Morgan fingerprint density at radius 1 is 0.944 bits per heavy atom. The number of nitrogens with zero attached hydrogens (tertiary/aromatic N) is 4. The molecule has 5 heterocycles. The number of likely N-dealkylation sites (tertiary alicyclic amines) is 1. The van der Waals surface area contributed by atoms with E-state index in [4.69, 9.17) is 0 Å². The largest absolute Gasteiger partial charge is 0.356 e. The normalized spacial score (nSPS) is 32.2. The molecule has 5 aliphatic rings. The van der Waals surface area contributed by atoms with Gasteiger partial charge in [0.05, 0.1) is 5.92 Å². The van der Waals surface area contributed by atoms with Gasteiger partial charge >= 0.3 is 0 Å². The Morgan fingerprint density at radius 2 is 1.72 bits per heavy atom. The monoisotopic (exact) mass is 493 g/mol. The molecule has 0 unspecified atom stereocenters. The van der Waals surface area contributed by atoms with Gasteiger partial charge in [-0.05, 0) is 77.7 Å². The summed E-state index contributed by atoms with van der Waals surface area (Å²) in [5.74, 6) is -0.0113. The summed E-state index contributed by atoms with van der Waals surface area (Å²) in [6.45, 7) is 5.19. The van der Waals surface area contributed by atoms with Gasteiger partial charge in [-0.1, -0.05) is 18.2 Å². The van der Waals surface area contributed by atoms with Crippen molar-refractivity contribution in [3.8, 4) is 0 Å². The van der Waals surface area contributed by atoms with Crippen LogP contribution in [-0.2, 0) is 19.9 Å². The first-order chi connectivity index (χ1) is 17.5. The topological polar surface area (TPSA) is 76.2 Å². The van der Waals surface area contributed by atoms with Crippen LogP contribution in [0.3, 0.4) is 0 Å². The maximum absolute atomic E-state index is 14.4. The molecule has 1 spiro atoms. The first kappa shape index (κ1) is 23.9. The Labute approximate surface area is 214 Å². The average molecular weight is 494 g/mol. The molecule has 1 aromatic carbocycles. The third-order valence-corrected chi connectivity index (χ3v) is 9.43. The molecule has 4 saturated heterocycles. The second kappa shape index (κ2) is 9.45. The number of piperidine rings is 1. The van der Waals surface area contributed by atoms with Gasteiger partial charge in [-0.25, -0.2) is 0 Å². The summed E-state index contributed by atoms with van der Waals surface area (Å²) in [4.78, 5) is 50.0. The standard InChI is InChI=1S/C28H39N5O3/c1-30-17-10-20(11-18-30)26(35)31-13-5-12-29-25(34)23-19-21-7-4-16-33(21)28(23)22-8-2-3-9-24(22)32(27(28)36)15-6-14-31/h2-3,8-9,20-21,23H,4-7,10-19H2,1H3,(H,29,34)/t21-,23+,28+/m0/s1. The van der Waals surface area contributed by atoms with Gasteiger partial charge in [0.25, 0.3) is 5.91 Å². The Kier molecular flexibility index (Phi) is 6.28. The highest BCUT2D eigenvalue weighted by Crippen LogP contribution is 2.57. The number of rotatable bonds is 1. The fourth-order valence-corrected chi connectivity index (χ4v) is 7.65. The average Bonchev–Trinajstić information content (AvgIpc) is 3.54. The van der Waals surface area contributed by atoms with E-state index >= 15 is 0 Å². The lowest BCUT2D eigenvalue weighted by molar-refractivity contribution is -0.138. The fourth-order valence-electron chi connectivity index (χ4n) is 7.65. The molecule has 1 aromatic rings. The van der Waals surface area contributed by atoms with Gasteiger partial charge in [-0.2, -0.15) is 0 Å². The van der Waals surface area contributed by atoms with Crippen LogP contribution in [0.1, 0.15) is 50.5 Å². The molecular formula is C28H39N5O3. The van der Waals surface area contributed by atoms with Crippen LogP contribution in [0, 0.1) is 11.8 Å². The summed E-state index contributed by atoms with van der Waals surface area (Å²) < 4.78 is 0. The van der Waals surface area contributed by atoms with E-state index in [0.29, 0.717) is 26.2 Å². The second-order valence-corrected chi connectivity index (χ2v) is 11.4. The van der Waals surface area contributed by atoms with Gasteiger partial charge in [0.2, 0.25) is 11.8 Å². The maximum atomic E-state index is 14.4. The van der Waals surface area contributed by atoms with Gasteiger partial charge in [0.1, 0.15) is 5.54 Å². The first-order valence-corrected chi connectivity index (χ1v) is 13.9. The van der Waals surface area contributed by atoms with E-state index in [0.717, 1.165) is 75.8 Å². The maximum Gasteiger partial charge on any atom is 0.253 e. The van der Waals surface area contributed by atoms with Crippen LogP contribution >= 0.6 is 0 Å². The lowest BCUT2D eigenvalue weighted by Gasteiger charge is -2.37. The summed E-state index contributed by atoms with van der Waals surface area (Å²) in [5, 5.41) is 3.17. The number of nitrogens with one attached hydrogen (secondary N) is 1. The van der Waals surface area contributed by atoms with Crippen molar-refractivity contribution in [2.75, 3.05) is 57.8 Å². The van der Waals surface area contributed by atoms with E-state index in [2.05, 4.69) is 28.2 Å². The second-order valence-electron chi connectivity index (χ2n) is 11.4. The minimum Gasteiger partial charge on any atom is -0.356 e. The molecule has 1 N–H and O–H groups in total. The van der Waals surface area contributed by atoms with Gasteiger partial charge < -0.3 is 20.0 Å². The van der Waals surface area contributed by atoms with Crippen molar-refractivity contribution in [2.24, 2.45) is 11.8 Å². The van der Waals surface area contributed by atoms with Crippen molar-refractivity contribution in [3.05, 3.63) is 29.8 Å². The van der Waals surface area contributed by atoms with Gasteiger partial charge in [0, 0.05) is 49.4 Å². The predicted octanol–water partition coefficient (Wildman–Crippen LogP) is 1.79. The Morgan fingerprint density at radius 3 is 2.56 bits per heavy atom. The Balaban J connectivity index is 1.30. The summed E-state index contributed by atoms with van der Waals surface area (Å²) >= 11 is 0. The number of para-hydroxylation sites is 1. The third kappa shape index (κ3) is 3.67. The quantitative estimate of drug-likeness (QED) is 0.646. The SMILES string of the molecule is CN1CCC(C(=O)N2CCCNC(=O)[C@H]3C[C@@H]4CCCN4[C@@]34C(=O)N(CCC2)c2ccccc24)CC1. The van der Waals surface area contributed by atoms with Crippen LogP contribution in [0.4, 0.5) is 5.69 Å². The minimum atomic E-state index is -0.889. The number of carbonyl (C=O) groups is 3.